The van der Waals surface area contributed by atoms with E-state index in [1.54, 1.807) is 24.3 Å². The lowest BCUT2D eigenvalue weighted by atomic mass is 10.2. The van der Waals surface area contributed by atoms with E-state index in [1.165, 1.54) is 6.20 Å². The molecule has 15 heavy (non-hydrogen) atoms. The second-order valence-corrected chi connectivity index (χ2v) is 3.07. The number of aromatic nitrogens is 1. The van der Waals surface area contributed by atoms with E-state index in [1.807, 2.05) is 0 Å². The molecule has 76 valence electrons. The lowest BCUT2D eigenvalue weighted by Crippen LogP contribution is -2.28. The average molecular weight is 204 g/mol. The predicted molar refractivity (Wildman–Crippen MR) is 53.4 cm³/mol. The summed E-state index contributed by atoms with van der Waals surface area (Å²) in [7, 11) is 0. The van der Waals surface area contributed by atoms with Crippen LogP contribution in [0.1, 0.15) is 4.79 Å². The summed E-state index contributed by atoms with van der Waals surface area (Å²) in [5, 5.41) is 10.0. The van der Waals surface area contributed by atoms with E-state index in [0.29, 0.717) is 10.9 Å². The zero-order valence-corrected chi connectivity index (χ0v) is 7.68. The van der Waals surface area contributed by atoms with Crippen molar-refractivity contribution >= 4 is 22.7 Å². The molecule has 0 saturated heterocycles. The molecular formula is C10H8N2O3. The van der Waals surface area contributed by atoms with Gasteiger partial charge in [-0.1, -0.05) is 12.1 Å². The number of nitrogens with two attached hydrogens (primary N) is 1. The van der Waals surface area contributed by atoms with Crippen molar-refractivity contribution in [1.82, 2.24) is 4.57 Å². The largest absolute Gasteiger partial charge is 0.506 e. The van der Waals surface area contributed by atoms with Crippen molar-refractivity contribution < 1.29 is 14.7 Å². The summed E-state index contributed by atoms with van der Waals surface area (Å²) in [6.45, 7) is 0. The van der Waals surface area contributed by atoms with Gasteiger partial charge in [-0.05, 0) is 12.1 Å². The first-order valence-corrected chi connectivity index (χ1v) is 4.24. The Morgan fingerprint density at radius 1 is 1.27 bits per heavy atom. The van der Waals surface area contributed by atoms with E-state index in [-0.39, 0.29) is 5.75 Å². The van der Waals surface area contributed by atoms with Crippen molar-refractivity contribution in [3.05, 3.63) is 30.5 Å². The van der Waals surface area contributed by atoms with Crippen LogP contribution in [0, 0.1) is 0 Å². The Hall–Kier alpha value is -2.30. The first kappa shape index (κ1) is 9.26. The number of primary amides is 1. The Morgan fingerprint density at radius 2 is 1.93 bits per heavy atom. The van der Waals surface area contributed by atoms with Crippen LogP contribution < -0.4 is 5.73 Å². The van der Waals surface area contributed by atoms with Gasteiger partial charge in [-0.2, -0.15) is 0 Å². The molecule has 0 fully saturated rings. The highest BCUT2D eigenvalue weighted by atomic mass is 16.3. The Balaban J connectivity index is 2.72. The second kappa shape index (κ2) is 3.13. The van der Waals surface area contributed by atoms with Crippen LogP contribution in [-0.4, -0.2) is 21.5 Å². The minimum atomic E-state index is -1.06. The maximum Gasteiger partial charge on any atom is 0.320 e. The monoisotopic (exact) mass is 204 g/mol. The SMILES string of the molecule is NC(=O)C(=O)n1cc(O)c2ccccc21. The van der Waals surface area contributed by atoms with Gasteiger partial charge in [0.1, 0.15) is 5.75 Å². The summed E-state index contributed by atoms with van der Waals surface area (Å²) in [5.41, 5.74) is 5.33. The highest BCUT2D eigenvalue weighted by molar-refractivity contribution is 6.36. The molecule has 0 radical (unpaired) electrons. The van der Waals surface area contributed by atoms with Crippen LogP contribution in [0.4, 0.5) is 0 Å². The van der Waals surface area contributed by atoms with Gasteiger partial charge in [0.15, 0.2) is 0 Å². The van der Waals surface area contributed by atoms with Crippen LogP contribution in [0.3, 0.4) is 0 Å². The average Bonchev–Trinajstić information content (AvgIpc) is 2.56. The molecule has 0 unspecified atom stereocenters. The first-order chi connectivity index (χ1) is 7.11. The third kappa shape index (κ3) is 1.34. The Labute approximate surface area is 84.7 Å². The van der Waals surface area contributed by atoms with Gasteiger partial charge in [0.25, 0.3) is 0 Å². The number of aromatic hydroxyl groups is 1. The Bertz CT molecular complexity index is 557. The smallest absolute Gasteiger partial charge is 0.320 e. The van der Waals surface area contributed by atoms with Crippen molar-refractivity contribution in [1.29, 1.82) is 0 Å². The third-order valence-electron chi connectivity index (χ3n) is 2.12. The van der Waals surface area contributed by atoms with Gasteiger partial charge in [-0.25, -0.2) is 0 Å². The molecule has 2 aromatic rings. The van der Waals surface area contributed by atoms with Crippen molar-refractivity contribution in [3.8, 4) is 5.75 Å². The molecule has 0 bridgehead atoms. The van der Waals surface area contributed by atoms with E-state index in [0.717, 1.165) is 4.57 Å². The summed E-state index contributed by atoms with van der Waals surface area (Å²) < 4.78 is 1.03. The first-order valence-electron chi connectivity index (χ1n) is 4.24. The second-order valence-electron chi connectivity index (χ2n) is 3.07. The van der Waals surface area contributed by atoms with E-state index in [2.05, 4.69) is 0 Å². The summed E-state index contributed by atoms with van der Waals surface area (Å²) in [5.74, 6) is -1.98. The van der Waals surface area contributed by atoms with Gasteiger partial charge in [0.2, 0.25) is 0 Å². The van der Waals surface area contributed by atoms with E-state index >= 15 is 0 Å². The molecule has 0 spiro atoms. The number of carbonyl (C=O) groups excluding carboxylic acids is 2. The lowest BCUT2D eigenvalue weighted by Gasteiger charge is -1.98. The summed E-state index contributed by atoms with van der Waals surface area (Å²) in [6.07, 6.45) is 1.18. The minimum Gasteiger partial charge on any atom is -0.506 e. The molecule has 5 nitrogen and oxygen atoms in total. The number of benzene rings is 1. The maximum absolute atomic E-state index is 11.3. The molecule has 1 aromatic heterocycles. The van der Waals surface area contributed by atoms with Crippen LogP contribution >= 0.6 is 0 Å². The standard InChI is InChI=1S/C10H8N2O3/c11-9(14)10(15)12-5-8(13)6-3-1-2-4-7(6)12/h1-5,13H,(H2,11,14). The highest BCUT2D eigenvalue weighted by Crippen LogP contribution is 2.26. The molecule has 0 aliphatic rings. The number of hydrogen-bond acceptors (Lipinski definition) is 3. The van der Waals surface area contributed by atoms with Crippen LogP contribution in [0.15, 0.2) is 30.5 Å². The van der Waals surface area contributed by atoms with E-state index in [9.17, 15) is 14.7 Å². The molecule has 1 amide bonds. The van der Waals surface area contributed by atoms with Gasteiger partial charge >= 0.3 is 11.8 Å². The zero-order valence-electron chi connectivity index (χ0n) is 7.68. The number of rotatable bonds is 0. The fourth-order valence-electron chi connectivity index (χ4n) is 1.45. The van der Waals surface area contributed by atoms with Crippen LogP contribution in [0.25, 0.3) is 10.9 Å². The molecule has 0 aliphatic carbocycles. The molecule has 1 aromatic carbocycles. The maximum atomic E-state index is 11.3. The predicted octanol–water partition coefficient (Wildman–Crippen LogP) is 0.472. The highest BCUT2D eigenvalue weighted by Gasteiger charge is 2.16. The number of para-hydroxylation sites is 1. The molecule has 1 heterocycles. The molecular weight excluding hydrogens is 196 g/mol. The van der Waals surface area contributed by atoms with Gasteiger partial charge in [0, 0.05) is 5.39 Å². The molecule has 0 saturated carbocycles. The topological polar surface area (TPSA) is 85.3 Å². The third-order valence-corrected chi connectivity index (χ3v) is 2.12. The summed E-state index contributed by atoms with van der Waals surface area (Å²) in [6, 6.07) is 6.69. The zero-order chi connectivity index (χ0) is 11.0. The number of fused-ring (bicyclic) bond motifs is 1. The van der Waals surface area contributed by atoms with Crippen molar-refractivity contribution in [3.63, 3.8) is 0 Å². The van der Waals surface area contributed by atoms with Crippen LogP contribution in [-0.2, 0) is 4.79 Å². The number of hydrogen-bond donors (Lipinski definition) is 2. The Kier molecular flexibility index (Phi) is 1.93. The van der Waals surface area contributed by atoms with Crippen molar-refractivity contribution in [2.24, 2.45) is 5.73 Å². The molecule has 0 atom stereocenters. The molecule has 5 heteroatoms. The number of nitrogens with zero attached hydrogens (tertiary/aromatic N) is 1. The van der Waals surface area contributed by atoms with Crippen LogP contribution in [0.2, 0.25) is 0 Å². The minimum absolute atomic E-state index is 0.0554. The molecule has 3 N–H and O–H groups in total. The van der Waals surface area contributed by atoms with Crippen molar-refractivity contribution in [2.75, 3.05) is 0 Å². The fraction of sp³-hybridized carbons (Fsp3) is 0. The van der Waals surface area contributed by atoms with Gasteiger partial charge in [-0.15, -0.1) is 0 Å². The quantitative estimate of drug-likeness (QED) is 0.612. The van der Waals surface area contributed by atoms with E-state index in [4.69, 9.17) is 5.73 Å². The van der Waals surface area contributed by atoms with Gasteiger partial charge in [0.05, 0.1) is 11.7 Å². The van der Waals surface area contributed by atoms with Crippen LogP contribution in [0.5, 0.6) is 5.75 Å². The number of carbonyl (C=O) groups is 2. The van der Waals surface area contributed by atoms with E-state index < -0.39 is 11.8 Å². The molecule has 0 aliphatic heterocycles. The van der Waals surface area contributed by atoms with Crippen molar-refractivity contribution in [2.45, 2.75) is 0 Å². The fourth-order valence-corrected chi connectivity index (χ4v) is 1.45. The summed E-state index contributed by atoms with van der Waals surface area (Å²) >= 11 is 0. The Morgan fingerprint density at radius 3 is 2.60 bits per heavy atom. The lowest BCUT2D eigenvalue weighted by molar-refractivity contribution is -0.114. The van der Waals surface area contributed by atoms with Gasteiger partial charge in [-0.3, -0.25) is 14.2 Å². The summed E-state index contributed by atoms with van der Waals surface area (Å²) in [4.78, 5) is 22.1. The number of amides is 1. The normalized spacial score (nSPS) is 10.4. The van der Waals surface area contributed by atoms with Gasteiger partial charge < -0.3 is 10.8 Å². The molecule has 2 rings (SSSR count).